The Bertz CT molecular complexity index is 1280. The molecule has 2 atom stereocenters. The van der Waals surface area contributed by atoms with Crippen LogP contribution in [0.4, 0.5) is 8.78 Å². The van der Waals surface area contributed by atoms with Gasteiger partial charge in [-0.1, -0.05) is 70.4 Å². The smallest absolute Gasteiger partial charge is 0.338 e. The average Bonchev–Trinajstić information content (AvgIpc) is 3.48. The first-order valence-electron chi connectivity index (χ1n) is 16.1. The molecule has 238 valence electrons. The number of esters is 2. The van der Waals surface area contributed by atoms with Crippen LogP contribution in [0.25, 0.3) is 0 Å². The maximum Gasteiger partial charge on any atom is 0.338 e. The summed E-state index contributed by atoms with van der Waals surface area (Å²) in [7, 11) is 0. The molecule has 8 heteroatoms. The lowest BCUT2D eigenvalue weighted by atomic mass is 9.77. The van der Waals surface area contributed by atoms with Gasteiger partial charge in [0.15, 0.2) is 30.1 Å². The molecule has 44 heavy (non-hydrogen) atoms. The largest absolute Gasteiger partial charge is 0.464 e. The number of hydrogen-bond acceptors (Lipinski definition) is 6. The van der Waals surface area contributed by atoms with Crippen LogP contribution in [-0.2, 0) is 28.5 Å². The lowest BCUT2D eigenvalue weighted by molar-refractivity contribution is -0.163. The van der Waals surface area contributed by atoms with Crippen molar-refractivity contribution >= 4 is 11.9 Å². The molecule has 0 bridgehead atoms. The van der Waals surface area contributed by atoms with Gasteiger partial charge in [0.25, 0.3) is 0 Å². The third kappa shape index (κ3) is 8.67. The maximum atomic E-state index is 15.3. The topological polar surface area (TPSA) is 71.1 Å². The van der Waals surface area contributed by atoms with Crippen LogP contribution >= 0.6 is 0 Å². The summed E-state index contributed by atoms with van der Waals surface area (Å²) in [6.45, 7) is 6.39. The van der Waals surface area contributed by atoms with E-state index in [0.29, 0.717) is 24.3 Å². The van der Waals surface area contributed by atoms with Crippen LogP contribution in [0.5, 0.6) is 0 Å². The summed E-state index contributed by atoms with van der Waals surface area (Å²) in [6, 6.07) is 10.6. The molecule has 2 aliphatic rings. The minimum Gasteiger partial charge on any atom is -0.464 e. The Kier molecular flexibility index (Phi) is 12.8. The van der Waals surface area contributed by atoms with Gasteiger partial charge >= 0.3 is 11.9 Å². The highest BCUT2D eigenvalue weighted by molar-refractivity contribution is 5.86. The fraction of sp³-hybridized carbons (Fsp3) is 0.556. The summed E-state index contributed by atoms with van der Waals surface area (Å²) in [5, 5.41) is 0. The van der Waals surface area contributed by atoms with Crippen molar-refractivity contribution < 1.29 is 37.3 Å². The van der Waals surface area contributed by atoms with Crippen LogP contribution in [-0.4, -0.2) is 37.4 Å². The van der Waals surface area contributed by atoms with E-state index in [9.17, 15) is 9.59 Å². The fourth-order valence-electron chi connectivity index (χ4n) is 5.76. The standard InChI is InChI=1S/C36H44F2O6/c1-4-7-22-41-34(39)32-33(35(40)42-23-8-5-2)44-36(43-32)29-21-20-28(30(37)31(29)38)19-14-25-12-17-27(18-13-25)26-15-10-24(9-6-3)11-16-26/h12-13,17-18,20-21,24,26,32-33,36H,4-11,15-16,22-23H2,1-3H3. The summed E-state index contributed by atoms with van der Waals surface area (Å²) < 4.78 is 52.1. The number of halogens is 2. The van der Waals surface area contributed by atoms with Gasteiger partial charge in [-0.2, -0.15) is 0 Å². The number of carbonyl (C=O) groups excluding carboxylic acids is 2. The summed E-state index contributed by atoms with van der Waals surface area (Å²) in [5.74, 6) is 3.01. The van der Waals surface area contributed by atoms with E-state index < -0.39 is 42.1 Å². The van der Waals surface area contributed by atoms with Gasteiger partial charge in [0, 0.05) is 11.1 Å². The Balaban J connectivity index is 1.44. The van der Waals surface area contributed by atoms with E-state index in [1.807, 2.05) is 26.0 Å². The minimum absolute atomic E-state index is 0.131. The summed E-state index contributed by atoms with van der Waals surface area (Å²) in [6.07, 6.45) is 5.88. The third-order valence-corrected chi connectivity index (χ3v) is 8.40. The lowest BCUT2D eigenvalue weighted by Gasteiger charge is -2.28. The normalized spacial score (nSPS) is 23.1. The first kappa shape index (κ1) is 33.6. The molecule has 0 spiro atoms. The van der Waals surface area contributed by atoms with E-state index >= 15 is 8.78 Å². The first-order chi connectivity index (χ1) is 21.4. The Hall–Kier alpha value is -3.28. The number of unbranched alkanes of at least 4 members (excludes halogenated alkanes) is 2. The van der Waals surface area contributed by atoms with Crippen molar-refractivity contribution in [3.05, 3.63) is 70.3 Å². The molecule has 0 amide bonds. The van der Waals surface area contributed by atoms with Gasteiger partial charge in [-0.15, -0.1) is 0 Å². The second kappa shape index (κ2) is 16.7. The molecule has 2 fully saturated rings. The van der Waals surface area contributed by atoms with Crippen LogP contribution in [0.1, 0.15) is 119 Å². The van der Waals surface area contributed by atoms with Crippen LogP contribution in [0.15, 0.2) is 36.4 Å². The van der Waals surface area contributed by atoms with Gasteiger partial charge in [-0.05, 0) is 80.2 Å². The molecule has 0 radical (unpaired) electrons. The highest BCUT2D eigenvalue weighted by atomic mass is 19.2. The van der Waals surface area contributed by atoms with E-state index in [1.54, 1.807) is 0 Å². The van der Waals surface area contributed by atoms with Gasteiger partial charge in [0.05, 0.1) is 18.8 Å². The van der Waals surface area contributed by atoms with Gasteiger partial charge in [-0.25, -0.2) is 18.4 Å². The molecule has 2 aromatic rings. The van der Waals surface area contributed by atoms with E-state index in [4.69, 9.17) is 18.9 Å². The molecular formula is C36H44F2O6. The highest BCUT2D eigenvalue weighted by Crippen LogP contribution is 2.38. The highest BCUT2D eigenvalue weighted by Gasteiger charge is 2.48. The second-order valence-electron chi connectivity index (χ2n) is 11.7. The zero-order valence-electron chi connectivity index (χ0n) is 26.0. The predicted octanol–water partition coefficient (Wildman–Crippen LogP) is 7.91. The van der Waals surface area contributed by atoms with E-state index in [1.165, 1.54) is 56.2 Å². The predicted molar refractivity (Wildman–Crippen MR) is 163 cm³/mol. The average molecular weight is 611 g/mol. The zero-order valence-corrected chi connectivity index (χ0v) is 26.0. The van der Waals surface area contributed by atoms with Crippen molar-refractivity contribution in [3.63, 3.8) is 0 Å². The summed E-state index contributed by atoms with van der Waals surface area (Å²) in [4.78, 5) is 25.4. The van der Waals surface area contributed by atoms with Crippen molar-refractivity contribution in [2.75, 3.05) is 13.2 Å². The second-order valence-corrected chi connectivity index (χ2v) is 11.7. The Morgan fingerprint density at radius 3 is 1.91 bits per heavy atom. The molecule has 1 saturated heterocycles. The molecule has 4 rings (SSSR count). The Morgan fingerprint density at radius 2 is 1.36 bits per heavy atom. The molecule has 2 unspecified atom stereocenters. The van der Waals surface area contributed by atoms with Gasteiger partial charge < -0.3 is 18.9 Å². The zero-order chi connectivity index (χ0) is 31.5. The lowest BCUT2D eigenvalue weighted by Crippen LogP contribution is -2.39. The Labute approximate surface area is 259 Å². The molecule has 1 aliphatic carbocycles. The van der Waals surface area contributed by atoms with Crippen molar-refractivity contribution in [3.8, 4) is 11.8 Å². The minimum atomic E-state index is -1.51. The van der Waals surface area contributed by atoms with E-state index in [2.05, 4.69) is 30.9 Å². The molecule has 1 heterocycles. The number of hydrogen-bond donors (Lipinski definition) is 0. The van der Waals surface area contributed by atoms with Gasteiger partial charge in [0.2, 0.25) is 0 Å². The summed E-state index contributed by atoms with van der Waals surface area (Å²) in [5.41, 5.74) is 1.58. The summed E-state index contributed by atoms with van der Waals surface area (Å²) >= 11 is 0. The molecule has 0 aromatic heterocycles. The molecule has 1 saturated carbocycles. The van der Waals surface area contributed by atoms with E-state index in [-0.39, 0.29) is 24.3 Å². The molecule has 1 aliphatic heterocycles. The fourth-order valence-corrected chi connectivity index (χ4v) is 5.76. The molecular weight excluding hydrogens is 566 g/mol. The Morgan fingerprint density at radius 1 is 0.773 bits per heavy atom. The quantitative estimate of drug-likeness (QED) is 0.138. The molecule has 0 N–H and O–H groups in total. The number of benzene rings is 2. The number of carbonyl (C=O) groups is 2. The monoisotopic (exact) mass is 610 g/mol. The van der Waals surface area contributed by atoms with Crippen molar-refractivity contribution in [1.29, 1.82) is 0 Å². The third-order valence-electron chi connectivity index (χ3n) is 8.40. The van der Waals surface area contributed by atoms with Gasteiger partial charge in [0.1, 0.15) is 0 Å². The van der Waals surface area contributed by atoms with Crippen LogP contribution in [0, 0.1) is 29.4 Å². The van der Waals surface area contributed by atoms with E-state index in [0.717, 1.165) is 18.8 Å². The van der Waals surface area contributed by atoms with Crippen LogP contribution < -0.4 is 0 Å². The van der Waals surface area contributed by atoms with Crippen molar-refractivity contribution in [2.45, 2.75) is 109 Å². The molecule has 2 aromatic carbocycles. The van der Waals surface area contributed by atoms with Crippen molar-refractivity contribution in [2.24, 2.45) is 5.92 Å². The van der Waals surface area contributed by atoms with Crippen LogP contribution in [0.3, 0.4) is 0 Å². The number of rotatable bonds is 12. The maximum absolute atomic E-state index is 15.3. The van der Waals surface area contributed by atoms with Crippen molar-refractivity contribution in [1.82, 2.24) is 0 Å². The first-order valence-corrected chi connectivity index (χ1v) is 16.1. The SMILES string of the molecule is CCCCOC(=O)C1OC(c2ccc(C#Cc3ccc(C4CCC(CCC)CC4)cc3)c(F)c2F)OC1C(=O)OCCCC. The molecule has 6 nitrogen and oxygen atoms in total. The van der Waals surface area contributed by atoms with Crippen LogP contribution in [0.2, 0.25) is 0 Å². The number of ether oxygens (including phenoxy) is 4. The van der Waals surface area contributed by atoms with Gasteiger partial charge in [-0.3, -0.25) is 0 Å².